The Morgan fingerprint density at radius 2 is 2.26 bits per heavy atom. The van der Waals surface area contributed by atoms with E-state index < -0.39 is 0 Å². The lowest BCUT2D eigenvalue weighted by molar-refractivity contribution is -0.120. The Bertz CT molecular complexity index is 365. The van der Waals surface area contributed by atoms with E-state index in [1.807, 2.05) is 31.2 Å². The van der Waals surface area contributed by atoms with E-state index in [9.17, 15) is 4.79 Å². The average molecular weight is 283 g/mol. The summed E-state index contributed by atoms with van der Waals surface area (Å²) in [6, 6.07) is 0. The number of nitrogens with zero attached hydrogens (tertiary/aromatic N) is 2. The van der Waals surface area contributed by atoms with Gasteiger partial charge in [0, 0.05) is 32.0 Å². The third kappa shape index (κ3) is 7.93. The van der Waals surface area contributed by atoms with Crippen molar-refractivity contribution in [3.05, 3.63) is 18.0 Å². The lowest BCUT2D eigenvalue weighted by Crippen LogP contribution is -2.25. The molecule has 0 aromatic carbocycles. The SMILES string of the molecule is CCCCSCCC(=O)NCCCc1cnn(C)c1. The summed E-state index contributed by atoms with van der Waals surface area (Å²) in [4.78, 5) is 11.6. The third-order valence-corrected chi connectivity index (χ3v) is 3.91. The maximum atomic E-state index is 11.6. The fraction of sp³-hybridized carbons (Fsp3) is 0.714. The summed E-state index contributed by atoms with van der Waals surface area (Å²) in [5.74, 6) is 2.29. The van der Waals surface area contributed by atoms with Crippen LogP contribution in [0.3, 0.4) is 0 Å². The number of amides is 1. The minimum Gasteiger partial charge on any atom is -0.356 e. The standard InChI is InChI=1S/C14H25N3OS/c1-3-4-9-19-10-7-14(18)15-8-5-6-13-11-16-17(2)12-13/h11-12H,3-10H2,1-2H3,(H,15,18). The summed E-state index contributed by atoms with van der Waals surface area (Å²) in [6.07, 6.45) is 8.96. The number of aromatic nitrogens is 2. The van der Waals surface area contributed by atoms with E-state index >= 15 is 0 Å². The minimum atomic E-state index is 0.176. The molecule has 0 aliphatic heterocycles. The lowest BCUT2D eigenvalue weighted by Gasteiger charge is -2.04. The van der Waals surface area contributed by atoms with Crippen molar-refractivity contribution in [1.82, 2.24) is 15.1 Å². The molecule has 5 heteroatoms. The van der Waals surface area contributed by atoms with Crippen molar-refractivity contribution < 1.29 is 4.79 Å². The number of carbonyl (C=O) groups excluding carboxylic acids is 1. The molecule has 1 aromatic heterocycles. The van der Waals surface area contributed by atoms with Crippen LogP contribution in [0.4, 0.5) is 0 Å². The molecular weight excluding hydrogens is 258 g/mol. The first-order valence-electron chi connectivity index (χ1n) is 7.04. The van der Waals surface area contributed by atoms with Gasteiger partial charge in [0.25, 0.3) is 0 Å². The second-order valence-electron chi connectivity index (χ2n) is 4.69. The van der Waals surface area contributed by atoms with Gasteiger partial charge in [-0.25, -0.2) is 0 Å². The summed E-state index contributed by atoms with van der Waals surface area (Å²) < 4.78 is 1.81. The highest BCUT2D eigenvalue weighted by Gasteiger charge is 2.01. The van der Waals surface area contributed by atoms with Crippen LogP contribution in [0.25, 0.3) is 0 Å². The highest BCUT2D eigenvalue weighted by Crippen LogP contribution is 2.06. The number of aryl methyl sites for hydroxylation is 2. The van der Waals surface area contributed by atoms with Gasteiger partial charge in [0.15, 0.2) is 0 Å². The van der Waals surface area contributed by atoms with E-state index in [4.69, 9.17) is 0 Å². The molecule has 0 aliphatic rings. The number of hydrogen-bond acceptors (Lipinski definition) is 3. The number of unbranched alkanes of at least 4 members (excludes halogenated alkanes) is 1. The van der Waals surface area contributed by atoms with Crippen molar-refractivity contribution in [1.29, 1.82) is 0 Å². The van der Waals surface area contributed by atoms with Crippen molar-refractivity contribution in [2.45, 2.75) is 39.0 Å². The first kappa shape index (κ1) is 16.1. The molecular formula is C14H25N3OS. The number of nitrogens with one attached hydrogen (secondary N) is 1. The van der Waals surface area contributed by atoms with Gasteiger partial charge >= 0.3 is 0 Å². The molecule has 1 N–H and O–H groups in total. The zero-order valence-corrected chi connectivity index (χ0v) is 12.8. The molecule has 0 aliphatic carbocycles. The van der Waals surface area contributed by atoms with Crippen LogP contribution >= 0.6 is 11.8 Å². The van der Waals surface area contributed by atoms with Gasteiger partial charge in [0.1, 0.15) is 0 Å². The van der Waals surface area contributed by atoms with Gasteiger partial charge in [-0.05, 0) is 30.6 Å². The van der Waals surface area contributed by atoms with Gasteiger partial charge in [0.05, 0.1) is 6.20 Å². The van der Waals surface area contributed by atoms with Gasteiger partial charge in [-0.3, -0.25) is 9.48 Å². The molecule has 1 amide bonds. The van der Waals surface area contributed by atoms with E-state index in [0.717, 1.165) is 25.1 Å². The van der Waals surface area contributed by atoms with E-state index in [1.165, 1.54) is 24.2 Å². The molecule has 0 saturated carbocycles. The fourth-order valence-electron chi connectivity index (χ4n) is 1.72. The second kappa shape index (κ2) is 9.89. The highest BCUT2D eigenvalue weighted by molar-refractivity contribution is 7.99. The zero-order valence-electron chi connectivity index (χ0n) is 12.0. The largest absolute Gasteiger partial charge is 0.356 e. The predicted molar refractivity (Wildman–Crippen MR) is 81.4 cm³/mol. The second-order valence-corrected chi connectivity index (χ2v) is 5.92. The lowest BCUT2D eigenvalue weighted by atomic mass is 10.2. The van der Waals surface area contributed by atoms with Crippen LogP contribution in [0.1, 0.15) is 38.2 Å². The van der Waals surface area contributed by atoms with Gasteiger partial charge < -0.3 is 5.32 Å². The zero-order chi connectivity index (χ0) is 13.9. The molecule has 0 saturated heterocycles. The van der Waals surface area contributed by atoms with Gasteiger partial charge in [-0.15, -0.1) is 0 Å². The number of thioether (sulfide) groups is 1. The van der Waals surface area contributed by atoms with E-state index in [1.54, 1.807) is 4.68 Å². The topological polar surface area (TPSA) is 46.9 Å². The summed E-state index contributed by atoms with van der Waals surface area (Å²) in [5, 5.41) is 7.09. The van der Waals surface area contributed by atoms with Gasteiger partial charge in [-0.2, -0.15) is 16.9 Å². The van der Waals surface area contributed by atoms with Gasteiger partial charge in [0.2, 0.25) is 5.91 Å². The van der Waals surface area contributed by atoms with Crippen molar-refractivity contribution in [3.63, 3.8) is 0 Å². The van der Waals surface area contributed by atoms with Crippen LogP contribution in [0.2, 0.25) is 0 Å². The fourth-order valence-corrected chi connectivity index (χ4v) is 2.75. The molecule has 0 bridgehead atoms. The van der Waals surface area contributed by atoms with Crippen LogP contribution in [0.15, 0.2) is 12.4 Å². The normalized spacial score (nSPS) is 10.6. The van der Waals surface area contributed by atoms with Crippen LogP contribution in [-0.2, 0) is 18.3 Å². The number of hydrogen-bond donors (Lipinski definition) is 1. The summed E-state index contributed by atoms with van der Waals surface area (Å²) >= 11 is 1.87. The van der Waals surface area contributed by atoms with Crippen molar-refractivity contribution in [2.24, 2.45) is 7.05 Å². The highest BCUT2D eigenvalue weighted by atomic mass is 32.2. The van der Waals surface area contributed by atoms with Crippen LogP contribution in [-0.4, -0.2) is 33.7 Å². The predicted octanol–water partition coefficient (Wildman–Crippen LogP) is 2.39. The quantitative estimate of drug-likeness (QED) is 0.671. The molecule has 0 spiro atoms. The van der Waals surface area contributed by atoms with Crippen molar-refractivity contribution >= 4 is 17.7 Å². The Kier molecular flexibility index (Phi) is 8.38. The van der Waals surface area contributed by atoms with Gasteiger partial charge in [-0.1, -0.05) is 13.3 Å². The Labute approximate surface area is 120 Å². The van der Waals surface area contributed by atoms with E-state index in [2.05, 4.69) is 17.3 Å². The molecule has 4 nitrogen and oxygen atoms in total. The molecule has 0 radical (unpaired) electrons. The molecule has 1 rings (SSSR count). The van der Waals surface area contributed by atoms with E-state index in [-0.39, 0.29) is 5.91 Å². The van der Waals surface area contributed by atoms with Crippen LogP contribution in [0.5, 0.6) is 0 Å². The summed E-state index contributed by atoms with van der Waals surface area (Å²) in [6.45, 7) is 2.95. The van der Waals surface area contributed by atoms with Crippen LogP contribution in [0, 0.1) is 0 Å². The Morgan fingerprint density at radius 3 is 2.95 bits per heavy atom. The summed E-state index contributed by atoms with van der Waals surface area (Å²) in [5.41, 5.74) is 1.23. The number of carbonyl (C=O) groups is 1. The smallest absolute Gasteiger partial charge is 0.220 e. The molecule has 0 atom stereocenters. The molecule has 19 heavy (non-hydrogen) atoms. The maximum absolute atomic E-state index is 11.6. The third-order valence-electron chi connectivity index (χ3n) is 2.84. The average Bonchev–Trinajstić information content (AvgIpc) is 2.80. The molecule has 0 fully saturated rings. The monoisotopic (exact) mass is 283 g/mol. The molecule has 0 unspecified atom stereocenters. The molecule has 1 heterocycles. The number of rotatable bonds is 10. The van der Waals surface area contributed by atoms with Crippen molar-refractivity contribution in [3.8, 4) is 0 Å². The first-order chi connectivity index (χ1) is 9.22. The Morgan fingerprint density at radius 1 is 1.42 bits per heavy atom. The first-order valence-corrected chi connectivity index (χ1v) is 8.19. The van der Waals surface area contributed by atoms with Crippen molar-refractivity contribution in [2.75, 3.05) is 18.1 Å². The maximum Gasteiger partial charge on any atom is 0.220 e. The molecule has 108 valence electrons. The Hall–Kier alpha value is -0.970. The minimum absolute atomic E-state index is 0.176. The Balaban J connectivity index is 1.95. The molecule has 1 aromatic rings. The summed E-state index contributed by atoms with van der Waals surface area (Å²) in [7, 11) is 1.92. The van der Waals surface area contributed by atoms with E-state index in [0.29, 0.717) is 6.42 Å². The van der Waals surface area contributed by atoms with Crippen LogP contribution < -0.4 is 5.32 Å².